The molecule has 0 aliphatic heterocycles. The summed E-state index contributed by atoms with van der Waals surface area (Å²) in [5.74, 6) is -1.32. The van der Waals surface area contributed by atoms with Crippen LogP contribution in [-0.4, -0.2) is 32.3 Å². The number of aliphatic hydroxyl groups excluding tert-OH is 2. The number of aliphatic hydroxyl groups is 2. The Labute approximate surface area is 86.2 Å². The molecule has 1 rings (SSSR count). The van der Waals surface area contributed by atoms with E-state index in [1.165, 1.54) is 12.1 Å². The normalized spacial score (nSPS) is 14.6. The Morgan fingerprint density at radius 1 is 1.20 bits per heavy atom. The van der Waals surface area contributed by atoms with Crippen molar-refractivity contribution in [2.24, 2.45) is 0 Å². The monoisotopic (exact) mass is 212 g/mol. The van der Waals surface area contributed by atoms with Gasteiger partial charge in [0.05, 0.1) is 0 Å². The third-order valence-corrected chi connectivity index (χ3v) is 2.06. The van der Waals surface area contributed by atoms with E-state index >= 15 is 0 Å². The van der Waals surface area contributed by atoms with E-state index in [1.54, 1.807) is 0 Å². The van der Waals surface area contributed by atoms with Gasteiger partial charge in [-0.25, -0.2) is 0 Å². The van der Waals surface area contributed by atoms with Gasteiger partial charge in [0.15, 0.2) is 17.3 Å². The third kappa shape index (κ3) is 2.45. The largest absolute Gasteiger partial charge is 0.504 e. The first kappa shape index (κ1) is 11.5. The Hall–Kier alpha value is -1.59. The van der Waals surface area contributed by atoms with Crippen LogP contribution in [0.1, 0.15) is 18.6 Å². The van der Waals surface area contributed by atoms with E-state index in [2.05, 4.69) is 0 Å². The zero-order valence-corrected chi connectivity index (χ0v) is 8.08. The Morgan fingerprint density at radius 3 is 2.27 bits per heavy atom. The van der Waals surface area contributed by atoms with Crippen LogP contribution >= 0.6 is 0 Å². The highest BCUT2D eigenvalue weighted by Crippen LogP contribution is 2.28. The number of ketones is 1. The third-order valence-electron chi connectivity index (χ3n) is 2.06. The maximum absolute atomic E-state index is 10.8. The van der Waals surface area contributed by atoms with Crippen molar-refractivity contribution in [3.8, 4) is 11.5 Å². The molecule has 5 heteroatoms. The topological polar surface area (TPSA) is 98.0 Å². The number of aromatic hydroxyl groups is 2. The summed E-state index contributed by atoms with van der Waals surface area (Å²) in [7, 11) is 0. The van der Waals surface area contributed by atoms with Crippen LogP contribution in [0.5, 0.6) is 11.5 Å². The van der Waals surface area contributed by atoms with Crippen molar-refractivity contribution >= 4 is 5.78 Å². The highest BCUT2D eigenvalue weighted by Gasteiger charge is 2.22. The summed E-state index contributed by atoms with van der Waals surface area (Å²) >= 11 is 0. The number of phenolic OH excluding ortho intramolecular Hbond substituents is 2. The quantitative estimate of drug-likeness (QED) is 0.532. The van der Waals surface area contributed by atoms with Crippen LogP contribution in [0.25, 0.3) is 0 Å². The van der Waals surface area contributed by atoms with Gasteiger partial charge in [0.2, 0.25) is 0 Å². The van der Waals surface area contributed by atoms with Gasteiger partial charge in [-0.3, -0.25) is 4.79 Å². The van der Waals surface area contributed by atoms with Gasteiger partial charge in [0.1, 0.15) is 12.2 Å². The van der Waals surface area contributed by atoms with Gasteiger partial charge >= 0.3 is 0 Å². The second-order valence-electron chi connectivity index (χ2n) is 3.25. The van der Waals surface area contributed by atoms with Crippen molar-refractivity contribution in [3.05, 3.63) is 23.8 Å². The average Bonchev–Trinajstić information content (AvgIpc) is 2.19. The van der Waals surface area contributed by atoms with Crippen molar-refractivity contribution in [2.45, 2.75) is 19.1 Å². The first-order valence-electron chi connectivity index (χ1n) is 4.32. The van der Waals surface area contributed by atoms with Crippen molar-refractivity contribution in [1.29, 1.82) is 0 Å². The molecule has 0 radical (unpaired) electrons. The van der Waals surface area contributed by atoms with Gasteiger partial charge < -0.3 is 20.4 Å². The minimum atomic E-state index is -1.53. The Balaban J connectivity index is 2.96. The van der Waals surface area contributed by atoms with Gasteiger partial charge in [-0.05, 0) is 24.6 Å². The van der Waals surface area contributed by atoms with Gasteiger partial charge in [-0.1, -0.05) is 6.07 Å². The molecule has 0 aliphatic rings. The number of rotatable bonds is 3. The van der Waals surface area contributed by atoms with Crippen LogP contribution in [0.4, 0.5) is 0 Å². The van der Waals surface area contributed by atoms with Crippen LogP contribution < -0.4 is 0 Å². The maximum Gasteiger partial charge on any atom is 0.161 e. The maximum atomic E-state index is 10.8. The molecule has 5 nitrogen and oxygen atoms in total. The lowest BCUT2D eigenvalue weighted by Gasteiger charge is -2.15. The summed E-state index contributed by atoms with van der Waals surface area (Å²) in [6, 6.07) is 3.57. The molecular weight excluding hydrogens is 200 g/mol. The summed E-state index contributed by atoms with van der Waals surface area (Å²) in [5, 5.41) is 36.9. The fourth-order valence-corrected chi connectivity index (χ4v) is 1.13. The first-order chi connectivity index (χ1) is 6.93. The highest BCUT2D eigenvalue weighted by molar-refractivity contribution is 5.81. The van der Waals surface area contributed by atoms with E-state index in [0.717, 1.165) is 13.0 Å². The molecule has 0 heterocycles. The van der Waals surface area contributed by atoms with E-state index in [1.807, 2.05) is 0 Å². The van der Waals surface area contributed by atoms with Crippen LogP contribution in [0.2, 0.25) is 0 Å². The summed E-state index contributed by atoms with van der Waals surface area (Å²) in [4.78, 5) is 10.8. The lowest BCUT2D eigenvalue weighted by molar-refractivity contribution is -0.130. The van der Waals surface area contributed by atoms with E-state index < -0.39 is 23.7 Å². The number of benzene rings is 1. The van der Waals surface area contributed by atoms with Crippen LogP contribution in [0, 0.1) is 0 Å². The van der Waals surface area contributed by atoms with Crippen molar-refractivity contribution < 1.29 is 25.2 Å². The molecule has 0 aliphatic carbocycles. The number of carbonyl (C=O) groups is 1. The Bertz CT molecular complexity index is 374. The molecule has 4 N–H and O–H groups in total. The van der Waals surface area contributed by atoms with Crippen molar-refractivity contribution in [2.75, 3.05) is 0 Å². The van der Waals surface area contributed by atoms with Crippen molar-refractivity contribution in [1.82, 2.24) is 0 Å². The van der Waals surface area contributed by atoms with Crippen LogP contribution in [0.3, 0.4) is 0 Å². The number of carbonyl (C=O) groups excluding carboxylic acids is 1. The standard InChI is InChI=1S/C10H12O5/c1-5(11)9(14)10(15)6-2-3-7(12)8(13)4-6/h2-4,9-10,12-15H,1H3. The average molecular weight is 212 g/mol. The molecule has 1 aromatic carbocycles. The fraction of sp³-hybridized carbons (Fsp3) is 0.300. The number of Topliss-reactive ketones (excluding diaryl/α,β-unsaturated/α-hetero) is 1. The summed E-state index contributed by atoms with van der Waals surface area (Å²) in [6.45, 7) is 1.15. The molecule has 0 bridgehead atoms. The fourth-order valence-electron chi connectivity index (χ4n) is 1.13. The molecule has 0 saturated carbocycles. The van der Waals surface area contributed by atoms with Crippen LogP contribution in [0.15, 0.2) is 18.2 Å². The lowest BCUT2D eigenvalue weighted by Crippen LogP contribution is -2.25. The second kappa shape index (κ2) is 4.29. The highest BCUT2D eigenvalue weighted by atomic mass is 16.3. The van der Waals surface area contributed by atoms with Gasteiger partial charge in [0.25, 0.3) is 0 Å². The zero-order chi connectivity index (χ0) is 11.6. The SMILES string of the molecule is CC(=O)C(O)C(O)c1ccc(O)c(O)c1. The molecule has 82 valence electrons. The first-order valence-corrected chi connectivity index (χ1v) is 4.32. The molecule has 0 fully saturated rings. The van der Waals surface area contributed by atoms with Gasteiger partial charge in [-0.2, -0.15) is 0 Å². The summed E-state index contributed by atoms with van der Waals surface area (Å²) in [5.41, 5.74) is 0.160. The number of hydrogen-bond acceptors (Lipinski definition) is 5. The molecule has 0 aromatic heterocycles. The Morgan fingerprint density at radius 2 is 1.80 bits per heavy atom. The van der Waals surface area contributed by atoms with E-state index in [0.29, 0.717) is 0 Å². The molecule has 1 aromatic rings. The van der Waals surface area contributed by atoms with E-state index in [4.69, 9.17) is 10.2 Å². The predicted molar refractivity (Wildman–Crippen MR) is 51.4 cm³/mol. The van der Waals surface area contributed by atoms with Crippen molar-refractivity contribution in [3.63, 3.8) is 0 Å². The zero-order valence-electron chi connectivity index (χ0n) is 8.08. The molecule has 0 saturated heterocycles. The van der Waals surface area contributed by atoms with Gasteiger partial charge in [-0.15, -0.1) is 0 Å². The predicted octanol–water partition coefficient (Wildman–Crippen LogP) is 0.0811. The van der Waals surface area contributed by atoms with Crippen LogP contribution in [-0.2, 0) is 4.79 Å². The number of phenols is 2. The summed E-state index contributed by atoms with van der Waals surface area (Å²) in [6.07, 6.45) is -2.94. The lowest BCUT2D eigenvalue weighted by atomic mass is 10.0. The molecule has 0 amide bonds. The molecule has 15 heavy (non-hydrogen) atoms. The molecule has 2 atom stereocenters. The minimum Gasteiger partial charge on any atom is -0.504 e. The summed E-state index contributed by atoms with van der Waals surface area (Å²) < 4.78 is 0. The molecule has 2 unspecified atom stereocenters. The molecule has 0 spiro atoms. The van der Waals surface area contributed by atoms with Gasteiger partial charge in [0, 0.05) is 0 Å². The molecular formula is C10H12O5. The minimum absolute atomic E-state index is 0.160. The Kier molecular flexibility index (Phi) is 3.28. The smallest absolute Gasteiger partial charge is 0.161 e. The van der Waals surface area contributed by atoms with E-state index in [9.17, 15) is 15.0 Å². The van der Waals surface area contributed by atoms with E-state index in [-0.39, 0.29) is 11.3 Å². The second-order valence-corrected chi connectivity index (χ2v) is 3.25. The number of hydrogen-bond donors (Lipinski definition) is 4.